The number of halogens is 1. The Labute approximate surface area is 94.6 Å². The molecule has 3 nitrogen and oxygen atoms in total. The van der Waals surface area contributed by atoms with Crippen LogP contribution in [0.4, 0.5) is 11.4 Å². The SMILES string of the molecule is CCC(C)C(=O)Nc1ccc(Cl)c(N)c1. The summed E-state index contributed by atoms with van der Waals surface area (Å²) < 4.78 is 0. The van der Waals surface area contributed by atoms with Crippen LogP contribution >= 0.6 is 11.6 Å². The van der Waals surface area contributed by atoms with Gasteiger partial charge in [-0.15, -0.1) is 0 Å². The van der Waals surface area contributed by atoms with Crippen LogP contribution in [0, 0.1) is 5.92 Å². The second-order valence-corrected chi connectivity index (χ2v) is 3.94. The van der Waals surface area contributed by atoms with Gasteiger partial charge in [0, 0.05) is 11.6 Å². The summed E-state index contributed by atoms with van der Waals surface area (Å²) in [5.41, 5.74) is 6.78. The van der Waals surface area contributed by atoms with Crippen molar-refractivity contribution in [2.24, 2.45) is 5.92 Å². The third-order valence-electron chi connectivity index (χ3n) is 2.32. The van der Waals surface area contributed by atoms with Gasteiger partial charge in [-0.05, 0) is 24.6 Å². The van der Waals surface area contributed by atoms with Crippen LogP contribution in [0.5, 0.6) is 0 Å². The van der Waals surface area contributed by atoms with Gasteiger partial charge in [0.15, 0.2) is 0 Å². The van der Waals surface area contributed by atoms with Crippen molar-refractivity contribution >= 4 is 28.9 Å². The molecule has 3 N–H and O–H groups in total. The van der Waals surface area contributed by atoms with Crippen LogP contribution in [0.15, 0.2) is 18.2 Å². The summed E-state index contributed by atoms with van der Waals surface area (Å²) in [5, 5.41) is 3.28. The highest BCUT2D eigenvalue weighted by atomic mass is 35.5. The highest BCUT2D eigenvalue weighted by Crippen LogP contribution is 2.22. The molecular weight excluding hydrogens is 212 g/mol. The molecule has 0 fully saturated rings. The Morgan fingerprint density at radius 1 is 1.60 bits per heavy atom. The average Bonchev–Trinajstić information content (AvgIpc) is 2.22. The molecule has 82 valence electrons. The topological polar surface area (TPSA) is 55.1 Å². The van der Waals surface area contributed by atoms with Crippen LogP contribution in [0.3, 0.4) is 0 Å². The number of nitrogens with one attached hydrogen (secondary N) is 1. The van der Waals surface area contributed by atoms with Gasteiger partial charge in [0.1, 0.15) is 0 Å². The Morgan fingerprint density at radius 2 is 2.27 bits per heavy atom. The lowest BCUT2D eigenvalue weighted by Crippen LogP contribution is -2.19. The number of nitrogen functional groups attached to an aromatic ring is 1. The van der Waals surface area contributed by atoms with E-state index in [9.17, 15) is 4.79 Å². The summed E-state index contributed by atoms with van der Waals surface area (Å²) in [7, 11) is 0. The number of carbonyl (C=O) groups is 1. The van der Waals surface area contributed by atoms with Crippen LogP contribution in [0.1, 0.15) is 20.3 Å². The number of benzene rings is 1. The van der Waals surface area contributed by atoms with Gasteiger partial charge in [-0.25, -0.2) is 0 Å². The van der Waals surface area contributed by atoms with Gasteiger partial charge in [-0.1, -0.05) is 25.4 Å². The maximum absolute atomic E-state index is 11.6. The number of hydrogen-bond donors (Lipinski definition) is 2. The quantitative estimate of drug-likeness (QED) is 0.779. The predicted molar refractivity (Wildman–Crippen MR) is 63.9 cm³/mol. The van der Waals surface area contributed by atoms with Crippen molar-refractivity contribution in [1.82, 2.24) is 0 Å². The van der Waals surface area contributed by atoms with E-state index in [2.05, 4.69) is 5.32 Å². The van der Waals surface area contributed by atoms with Crippen LogP contribution in [0.25, 0.3) is 0 Å². The first-order valence-corrected chi connectivity index (χ1v) is 5.28. The van der Waals surface area contributed by atoms with Crippen molar-refractivity contribution in [1.29, 1.82) is 0 Å². The summed E-state index contributed by atoms with van der Waals surface area (Å²) in [6, 6.07) is 5.06. The smallest absolute Gasteiger partial charge is 0.227 e. The Kier molecular flexibility index (Phi) is 3.97. The first-order chi connectivity index (χ1) is 7.04. The van der Waals surface area contributed by atoms with Crippen molar-refractivity contribution in [3.8, 4) is 0 Å². The molecule has 0 aromatic heterocycles. The molecule has 4 heteroatoms. The third-order valence-corrected chi connectivity index (χ3v) is 2.67. The van der Waals surface area contributed by atoms with Gasteiger partial charge in [0.25, 0.3) is 0 Å². The highest BCUT2D eigenvalue weighted by Gasteiger charge is 2.10. The fourth-order valence-electron chi connectivity index (χ4n) is 1.07. The van der Waals surface area contributed by atoms with Gasteiger partial charge in [0.05, 0.1) is 10.7 Å². The lowest BCUT2D eigenvalue weighted by molar-refractivity contribution is -0.119. The molecular formula is C11H15ClN2O. The molecule has 0 radical (unpaired) electrons. The highest BCUT2D eigenvalue weighted by molar-refractivity contribution is 6.33. The van der Waals surface area contributed by atoms with E-state index in [4.69, 9.17) is 17.3 Å². The number of hydrogen-bond acceptors (Lipinski definition) is 2. The van der Waals surface area contributed by atoms with E-state index < -0.39 is 0 Å². The van der Waals surface area contributed by atoms with Crippen LogP contribution in [-0.4, -0.2) is 5.91 Å². The van der Waals surface area contributed by atoms with E-state index in [1.165, 1.54) is 0 Å². The molecule has 1 unspecified atom stereocenters. The summed E-state index contributed by atoms with van der Waals surface area (Å²) in [5.74, 6) is 0.00104. The van der Waals surface area contributed by atoms with Gasteiger partial charge in [-0.2, -0.15) is 0 Å². The fraction of sp³-hybridized carbons (Fsp3) is 0.364. The molecule has 0 heterocycles. The van der Waals surface area contributed by atoms with E-state index in [1.54, 1.807) is 18.2 Å². The first-order valence-electron chi connectivity index (χ1n) is 4.90. The van der Waals surface area contributed by atoms with Crippen molar-refractivity contribution in [2.45, 2.75) is 20.3 Å². The Morgan fingerprint density at radius 3 is 2.80 bits per heavy atom. The summed E-state index contributed by atoms with van der Waals surface area (Å²) >= 11 is 5.77. The largest absolute Gasteiger partial charge is 0.397 e. The van der Waals surface area contributed by atoms with E-state index in [0.29, 0.717) is 16.4 Å². The molecule has 0 bridgehead atoms. The second-order valence-electron chi connectivity index (χ2n) is 3.53. The van der Waals surface area contributed by atoms with Crippen molar-refractivity contribution in [3.05, 3.63) is 23.2 Å². The van der Waals surface area contributed by atoms with Crippen molar-refractivity contribution < 1.29 is 4.79 Å². The number of nitrogens with two attached hydrogens (primary N) is 1. The Hall–Kier alpha value is -1.22. The lowest BCUT2D eigenvalue weighted by atomic mass is 10.1. The molecule has 0 aliphatic heterocycles. The third kappa shape index (κ3) is 3.13. The predicted octanol–water partition coefficient (Wildman–Crippen LogP) is 2.91. The maximum Gasteiger partial charge on any atom is 0.227 e. The number of amides is 1. The van der Waals surface area contributed by atoms with Crippen LogP contribution in [0.2, 0.25) is 5.02 Å². The lowest BCUT2D eigenvalue weighted by Gasteiger charge is -2.10. The van der Waals surface area contributed by atoms with Gasteiger partial charge >= 0.3 is 0 Å². The minimum atomic E-state index is -0.000720. The zero-order valence-corrected chi connectivity index (χ0v) is 9.64. The molecule has 0 spiro atoms. The number of anilines is 2. The fourth-order valence-corrected chi connectivity index (χ4v) is 1.19. The normalized spacial score (nSPS) is 12.2. The Bertz CT molecular complexity index is 366. The monoisotopic (exact) mass is 226 g/mol. The van der Waals surface area contributed by atoms with Crippen LogP contribution in [-0.2, 0) is 4.79 Å². The first kappa shape index (κ1) is 11.9. The Balaban J connectivity index is 2.73. The molecule has 1 aromatic carbocycles. The number of carbonyl (C=O) groups excluding carboxylic acids is 1. The maximum atomic E-state index is 11.6. The molecule has 1 amide bonds. The van der Waals surface area contributed by atoms with Crippen molar-refractivity contribution in [2.75, 3.05) is 11.1 Å². The van der Waals surface area contributed by atoms with Crippen molar-refractivity contribution in [3.63, 3.8) is 0 Å². The zero-order valence-electron chi connectivity index (χ0n) is 8.88. The standard InChI is InChI=1S/C11H15ClN2O/c1-3-7(2)11(15)14-8-4-5-9(12)10(13)6-8/h4-7H,3,13H2,1-2H3,(H,14,15). The van der Waals surface area contributed by atoms with Gasteiger partial charge < -0.3 is 11.1 Å². The molecule has 1 rings (SSSR count). The minimum Gasteiger partial charge on any atom is -0.397 e. The molecule has 0 aliphatic carbocycles. The van der Waals surface area contributed by atoms with Gasteiger partial charge in [-0.3, -0.25) is 4.79 Å². The summed E-state index contributed by atoms with van der Waals surface area (Å²) in [4.78, 5) is 11.6. The second kappa shape index (κ2) is 5.03. The molecule has 0 aliphatic rings. The van der Waals surface area contributed by atoms with Crippen LogP contribution < -0.4 is 11.1 Å². The summed E-state index contributed by atoms with van der Waals surface area (Å²) in [6.07, 6.45) is 0.814. The molecule has 15 heavy (non-hydrogen) atoms. The molecule has 1 aromatic rings. The average molecular weight is 227 g/mol. The van der Waals surface area contributed by atoms with E-state index >= 15 is 0 Å². The molecule has 1 atom stereocenters. The van der Waals surface area contributed by atoms with E-state index in [1.807, 2.05) is 13.8 Å². The van der Waals surface area contributed by atoms with Gasteiger partial charge in [0.2, 0.25) is 5.91 Å². The van der Waals surface area contributed by atoms with E-state index in [-0.39, 0.29) is 11.8 Å². The summed E-state index contributed by atoms with van der Waals surface area (Å²) in [6.45, 7) is 3.86. The molecule has 0 saturated carbocycles. The minimum absolute atomic E-state index is 0.000720. The number of rotatable bonds is 3. The molecule has 0 saturated heterocycles. The van der Waals surface area contributed by atoms with E-state index in [0.717, 1.165) is 6.42 Å². The zero-order chi connectivity index (χ0) is 11.4.